The molecule has 4 rings (SSSR count). The number of H-pyrrole nitrogens is 2. The fraction of sp³-hybridized carbons (Fsp3) is 0.0500. The molecular formula is C20H13Cl2N3O2S. The molecule has 0 unspecified atom stereocenters. The first-order valence-electron chi connectivity index (χ1n) is 8.28. The molecule has 0 atom stereocenters. The van der Waals surface area contributed by atoms with Crippen LogP contribution in [0.15, 0.2) is 68.2 Å². The molecule has 0 aliphatic rings. The third-order valence-electron chi connectivity index (χ3n) is 4.12. The van der Waals surface area contributed by atoms with Crippen molar-refractivity contribution in [1.82, 2.24) is 15.0 Å². The van der Waals surface area contributed by atoms with Gasteiger partial charge >= 0.3 is 0 Å². The van der Waals surface area contributed by atoms with Crippen LogP contribution >= 0.6 is 35.0 Å². The molecule has 140 valence electrons. The summed E-state index contributed by atoms with van der Waals surface area (Å²) in [6, 6.07) is 13.9. The summed E-state index contributed by atoms with van der Waals surface area (Å²) in [7, 11) is 0. The van der Waals surface area contributed by atoms with Gasteiger partial charge in [-0.1, -0.05) is 41.4 Å². The van der Waals surface area contributed by atoms with Crippen LogP contribution in [0.25, 0.3) is 22.0 Å². The highest BCUT2D eigenvalue weighted by Crippen LogP contribution is 2.40. The number of hydrogen-bond acceptors (Lipinski definition) is 4. The third kappa shape index (κ3) is 3.58. The molecule has 0 amide bonds. The molecule has 8 heteroatoms. The molecule has 0 aliphatic carbocycles. The number of nitrogens with one attached hydrogen (secondary N) is 2. The molecule has 2 N–H and O–H groups in total. The van der Waals surface area contributed by atoms with E-state index in [4.69, 9.17) is 23.2 Å². The average molecular weight is 430 g/mol. The highest BCUT2D eigenvalue weighted by molar-refractivity contribution is 7.99. The van der Waals surface area contributed by atoms with Gasteiger partial charge in [-0.05, 0) is 43.0 Å². The maximum atomic E-state index is 12.9. The number of benzene rings is 2. The van der Waals surface area contributed by atoms with E-state index in [1.165, 1.54) is 6.07 Å². The lowest BCUT2D eigenvalue weighted by Gasteiger charge is -2.14. The quantitative estimate of drug-likeness (QED) is 0.446. The van der Waals surface area contributed by atoms with E-state index < -0.39 is 0 Å². The van der Waals surface area contributed by atoms with E-state index in [-0.39, 0.29) is 11.1 Å². The number of nitrogens with zero attached hydrogens (tertiary/aromatic N) is 1. The molecule has 4 aromatic rings. The van der Waals surface area contributed by atoms with E-state index in [9.17, 15) is 9.59 Å². The van der Waals surface area contributed by atoms with Crippen LogP contribution in [-0.2, 0) is 0 Å². The number of rotatable bonds is 3. The summed E-state index contributed by atoms with van der Waals surface area (Å²) >= 11 is 13.8. The number of aromatic amines is 2. The van der Waals surface area contributed by atoms with Gasteiger partial charge in [0.25, 0.3) is 11.1 Å². The van der Waals surface area contributed by atoms with Gasteiger partial charge in [-0.15, -0.1) is 0 Å². The van der Waals surface area contributed by atoms with E-state index in [1.807, 2.05) is 18.2 Å². The Hall–Kier alpha value is -2.54. The number of aromatic nitrogens is 3. The predicted octanol–water partition coefficient (Wildman–Crippen LogP) is 5.04. The van der Waals surface area contributed by atoms with Gasteiger partial charge < -0.3 is 9.97 Å². The van der Waals surface area contributed by atoms with Crippen molar-refractivity contribution in [2.75, 3.05) is 0 Å². The Morgan fingerprint density at radius 2 is 1.79 bits per heavy atom. The largest absolute Gasteiger partial charge is 0.321 e. The highest BCUT2D eigenvalue weighted by Gasteiger charge is 2.19. The zero-order chi connectivity index (χ0) is 19.8. The Kier molecular flexibility index (Phi) is 5.02. The molecule has 2 aromatic heterocycles. The van der Waals surface area contributed by atoms with Crippen LogP contribution in [0, 0.1) is 6.92 Å². The lowest BCUT2D eigenvalue weighted by atomic mass is 10.0. The molecule has 0 bridgehead atoms. The number of hydrogen-bond donors (Lipinski definition) is 2. The number of fused-ring (bicyclic) bond motifs is 1. The molecule has 0 saturated heterocycles. The molecule has 0 radical (unpaired) electrons. The maximum Gasteiger partial charge on any atom is 0.263 e. The lowest BCUT2D eigenvalue weighted by Crippen LogP contribution is -2.13. The monoisotopic (exact) mass is 429 g/mol. The number of pyridine rings is 1. The van der Waals surface area contributed by atoms with Gasteiger partial charge in [0.1, 0.15) is 0 Å². The van der Waals surface area contributed by atoms with Crippen LogP contribution < -0.4 is 11.1 Å². The summed E-state index contributed by atoms with van der Waals surface area (Å²) < 4.78 is 0. The second-order valence-electron chi connectivity index (χ2n) is 6.12. The summed E-state index contributed by atoms with van der Waals surface area (Å²) in [5.74, 6) is 0. The molecular weight excluding hydrogens is 417 g/mol. The fourth-order valence-corrected chi connectivity index (χ4v) is 4.38. The summed E-state index contributed by atoms with van der Waals surface area (Å²) in [5.41, 5.74) is 1.94. The molecule has 0 saturated carbocycles. The average Bonchev–Trinajstić information content (AvgIpc) is 2.63. The first-order chi connectivity index (χ1) is 13.4. The molecule has 0 aliphatic heterocycles. The van der Waals surface area contributed by atoms with Crippen LogP contribution in [0.4, 0.5) is 0 Å². The minimum Gasteiger partial charge on any atom is -0.321 e. The normalized spacial score (nSPS) is 11.1. The van der Waals surface area contributed by atoms with Crippen LogP contribution in [0.5, 0.6) is 0 Å². The molecule has 2 aromatic carbocycles. The summed E-state index contributed by atoms with van der Waals surface area (Å²) in [5, 5.41) is 2.11. The van der Waals surface area contributed by atoms with Gasteiger partial charge in [0.15, 0.2) is 5.16 Å². The highest BCUT2D eigenvalue weighted by atomic mass is 35.5. The van der Waals surface area contributed by atoms with Crippen molar-refractivity contribution in [2.45, 2.75) is 17.0 Å². The molecule has 2 heterocycles. The van der Waals surface area contributed by atoms with Crippen molar-refractivity contribution >= 4 is 45.9 Å². The maximum absolute atomic E-state index is 12.9. The lowest BCUT2D eigenvalue weighted by molar-refractivity contribution is 0.904. The minimum absolute atomic E-state index is 0.283. The van der Waals surface area contributed by atoms with Crippen molar-refractivity contribution in [3.8, 4) is 11.1 Å². The second kappa shape index (κ2) is 7.47. The zero-order valence-corrected chi connectivity index (χ0v) is 16.9. The van der Waals surface area contributed by atoms with Crippen molar-refractivity contribution in [3.63, 3.8) is 0 Å². The van der Waals surface area contributed by atoms with Gasteiger partial charge in [0.05, 0.1) is 4.90 Å². The topological polar surface area (TPSA) is 78.6 Å². The molecule has 0 fully saturated rings. The van der Waals surface area contributed by atoms with Gasteiger partial charge in [0.2, 0.25) is 0 Å². The smallest absolute Gasteiger partial charge is 0.263 e. The van der Waals surface area contributed by atoms with Crippen molar-refractivity contribution in [3.05, 3.63) is 85.0 Å². The van der Waals surface area contributed by atoms with Gasteiger partial charge in [-0.3, -0.25) is 9.59 Å². The summed E-state index contributed by atoms with van der Waals surface area (Å²) in [4.78, 5) is 35.0. The number of aryl methyl sites for hydroxylation is 1. The van der Waals surface area contributed by atoms with E-state index in [0.717, 1.165) is 17.1 Å². The Morgan fingerprint density at radius 3 is 2.54 bits per heavy atom. The standard InChI is InChI=1S/C20H13Cl2N3O2S/c1-10-8-16(26)25-20(23-10)28-18-17(12-4-2-3-5-14(12)22)13-9-11(21)6-7-15(13)24-19(18)27/h2-9H,1H3,(H,24,27)(H,23,25,26). The van der Waals surface area contributed by atoms with Crippen molar-refractivity contribution in [1.29, 1.82) is 0 Å². The van der Waals surface area contributed by atoms with Gasteiger partial charge in [-0.25, -0.2) is 4.98 Å². The Morgan fingerprint density at radius 1 is 1.00 bits per heavy atom. The van der Waals surface area contributed by atoms with Crippen molar-refractivity contribution < 1.29 is 0 Å². The Labute approximate surface area is 173 Å². The summed E-state index contributed by atoms with van der Waals surface area (Å²) in [6.07, 6.45) is 0. The zero-order valence-electron chi connectivity index (χ0n) is 14.5. The van der Waals surface area contributed by atoms with E-state index in [0.29, 0.717) is 42.4 Å². The van der Waals surface area contributed by atoms with Gasteiger partial charge in [0, 0.05) is 43.8 Å². The minimum atomic E-state index is -0.307. The van der Waals surface area contributed by atoms with Crippen LogP contribution in [0.3, 0.4) is 0 Å². The third-order valence-corrected chi connectivity index (χ3v) is 5.67. The van der Waals surface area contributed by atoms with E-state index >= 15 is 0 Å². The van der Waals surface area contributed by atoms with Crippen LogP contribution in [0.1, 0.15) is 5.69 Å². The first kappa shape index (κ1) is 18.8. The van der Waals surface area contributed by atoms with Crippen molar-refractivity contribution in [2.24, 2.45) is 0 Å². The van der Waals surface area contributed by atoms with E-state index in [2.05, 4.69) is 15.0 Å². The van der Waals surface area contributed by atoms with Crippen LogP contribution in [-0.4, -0.2) is 15.0 Å². The summed E-state index contributed by atoms with van der Waals surface area (Å²) in [6.45, 7) is 1.72. The number of halogens is 2. The van der Waals surface area contributed by atoms with E-state index in [1.54, 1.807) is 31.2 Å². The molecule has 28 heavy (non-hydrogen) atoms. The SMILES string of the molecule is Cc1cc(=O)[nH]c(Sc2c(-c3ccccc3Cl)c3cc(Cl)ccc3[nH]c2=O)n1. The predicted molar refractivity (Wildman–Crippen MR) is 114 cm³/mol. The Balaban J connectivity index is 2.06. The van der Waals surface area contributed by atoms with Crippen LogP contribution in [0.2, 0.25) is 10.0 Å². The first-order valence-corrected chi connectivity index (χ1v) is 9.86. The van der Waals surface area contributed by atoms with Gasteiger partial charge in [-0.2, -0.15) is 0 Å². The molecule has 5 nitrogen and oxygen atoms in total. The fourth-order valence-electron chi connectivity index (χ4n) is 2.97. The second-order valence-corrected chi connectivity index (χ2v) is 7.96. The molecule has 0 spiro atoms. The Bertz CT molecular complexity index is 1330.